The van der Waals surface area contributed by atoms with E-state index in [1.54, 1.807) is 7.11 Å². The number of Topliss-reactive ketones (excluding diaryl/α,β-unsaturated/α-hetero) is 1. The molecule has 1 aliphatic carbocycles. The maximum atomic E-state index is 17.0. The molecule has 350 valence electrons. The minimum Gasteiger partial charge on any atom is -0.457 e. The second-order valence-corrected chi connectivity index (χ2v) is 21.3. The Morgan fingerprint density at radius 2 is 1.68 bits per heavy atom. The Labute approximate surface area is 397 Å². The molecule has 9 rings (SSSR count). The molecule has 5 fully saturated rings. The zero-order chi connectivity index (χ0) is 46.1. The molecule has 5 aliphatic rings. The highest BCUT2D eigenvalue weighted by Gasteiger charge is 2.76. The van der Waals surface area contributed by atoms with Gasteiger partial charge in [-0.05, 0) is 128 Å². The lowest BCUT2D eigenvalue weighted by Crippen LogP contribution is -2.73. The van der Waals surface area contributed by atoms with E-state index in [1.165, 1.54) is 5.56 Å². The Hall–Kier alpha value is -3.36. The lowest BCUT2D eigenvalue weighted by Gasteiger charge is -2.57. The normalized spacial score (nSPS) is 34.0. The van der Waals surface area contributed by atoms with E-state index in [9.17, 15) is 0 Å². The van der Waals surface area contributed by atoms with Crippen molar-refractivity contribution < 1.29 is 14.3 Å². The fourth-order valence-electron chi connectivity index (χ4n) is 13.8. The van der Waals surface area contributed by atoms with Gasteiger partial charge in [0.05, 0.1) is 35.9 Å². The molecule has 1 spiro atoms. The van der Waals surface area contributed by atoms with E-state index < -0.39 is 10.8 Å². The van der Waals surface area contributed by atoms with E-state index >= 15 is 4.79 Å². The number of carbonyl (C=O) groups excluding carboxylic acids is 1. The summed E-state index contributed by atoms with van der Waals surface area (Å²) in [6.07, 6.45) is 5.33. The third kappa shape index (κ3) is 7.69. The number of nitrogens with zero attached hydrogens (tertiary/aromatic N) is 6. The molecule has 1 saturated carbocycles. The molecule has 0 amide bonds. The van der Waals surface area contributed by atoms with Crippen LogP contribution in [0, 0.1) is 16.7 Å². The zero-order valence-corrected chi connectivity index (χ0v) is 41.5. The quantitative estimate of drug-likeness (QED) is 0.147. The first-order valence-corrected chi connectivity index (χ1v) is 24.6. The Kier molecular flexibility index (Phi) is 13.1. The number of nitrogens with one attached hydrogen (secondary N) is 2. The molecule has 5 heterocycles. The van der Waals surface area contributed by atoms with E-state index in [0.29, 0.717) is 24.0 Å². The molecule has 0 radical (unpaired) electrons. The third-order valence-electron chi connectivity index (χ3n) is 16.8. The van der Waals surface area contributed by atoms with Crippen LogP contribution in [0.1, 0.15) is 63.9 Å². The predicted octanol–water partition coefficient (Wildman–Crippen LogP) is 7.78. The lowest BCUT2D eigenvalue weighted by molar-refractivity contribution is -0.154. The Morgan fingerprint density at radius 3 is 2.37 bits per heavy atom. The van der Waals surface area contributed by atoms with Gasteiger partial charge in [0, 0.05) is 103 Å². The van der Waals surface area contributed by atoms with Crippen LogP contribution in [0.3, 0.4) is 0 Å². The number of rotatable bonds is 12. The number of piperidine rings is 1. The molecule has 4 saturated heterocycles. The first-order chi connectivity index (χ1) is 31.1. The number of ether oxygens (including phenoxy) is 2. The first-order valence-electron chi connectivity index (χ1n) is 23.8. The highest BCUT2D eigenvalue weighted by Crippen LogP contribution is 2.62. The standard InChI is InChI=1S/C52H70Cl2N8O3/c1-11-51-45-23-31(2)48(51)59(7)32(3)26-55-44-25-37(24-34-15-19-36(53)20-16-34)60(8)49-41(30-64-10)57-47(52(44,49)50(51)63)33(4)62(45)28-39-40(54)13-12-14-43(39)65-38-21-17-35(18-22-38)42-27-56-46(61(42)9)29-58(5)6/h12-22,27,31-33,37,41,44-45,47-49,55,57H,11,23-26,28-30H2,1-10H3/t31-,32+,33+,37+,41-,44?,45?,47?,48?,49?,51?,52?/m1/s1. The lowest BCUT2D eigenvalue weighted by atomic mass is 9.54. The van der Waals surface area contributed by atoms with E-state index in [-0.39, 0.29) is 60.3 Å². The number of likely N-dealkylation sites (N-methyl/N-ethyl adjacent to an activating group) is 2. The van der Waals surface area contributed by atoms with Crippen molar-refractivity contribution in [3.8, 4) is 22.8 Å². The zero-order valence-electron chi connectivity index (χ0n) is 40.0. The molecule has 1 aromatic heterocycles. The Bertz CT molecular complexity index is 2340. The molecule has 65 heavy (non-hydrogen) atoms. The number of benzene rings is 3. The maximum absolute atomic E-state index is 17.0. The van der Waals surface area contributed by atoms with Gasteiger partial charge < -0.3 is 29.6 Å². The van der Waals surface area contributed by atoms with Crippen LogP contribution < -0.4 is 15.4 Å². The fourth-order valence-corrected chi connectivity index (χ4v) is 14.2. The first kappa shape index (κ1) is 46.7. The summed E-state index contributed by atoms with van der Waals surface area (Å²) in [6, 6.07) is 22.6. The predicted molar refractivity (Wildman–Crippen MR) is 261 cm³/mol. The second-order valence-electron chi connectivity index (χ2n) is 20.5. The SMILES string of the molecule is CCC12C(=O)C34C5C[C@H](Cc6ccc(Cl)cc6)N(C)C3[C@@H](COC)NC4[C@H](C)N(Cc3c(Cl)cccc3Oc3ccc(-c4cnc(CN(C)C)n4C)cc3)C1C[C@@H](C)C2N(C)[C@@H](C)CN5. The van der Waals surface area contributed by atoms with Crippen molar-refractivity contribution in [1.82, 2.24) is 39.8 Å². The van der Waals surface area contributed by atoms with Gasteiger partial charge in [0.2, 0.25) is 0 Å². The van der Waals surface area contributed by atoms with E-state index in [0.717, 1.165) is 77.9 Å². The summed E-state index contributed by atoms with van der Waals surface area (Å²) in [7, 11) is 12.5. The summed E-state index contributed by atoms with van der Waals surface area (Å²) >= 11 is 13.7. The van der Waals surface area contributed by atoms with Gasteiger partial charge in [0.1, 0.15) is 17.3 Å². The van der Waals surface area contributed by atoms with Gasteiger partial charge in [0.15, 0.2) is 5.78 Å². The summed E-state index contributed by atoms with van der Waals surface area (Å²) in [5.74, 6) is 3.18. The number of carbonyl (C=O) groups is 1. The van der Waals surface area contributed by atoms with Crippen molar-refractivity contribution in [3.05, 3.63) is 99.9 Å². The number of ketones is 1. The molecular formula is C52H70Cl2N8O3. The van der Waals surface area contributed by atoms with Crippen LogP contribution >= 0.6 is 23.2 Å². The number of halogens is 2. The minimum absolute atomic E-state index is 0.0246. The van der Waals surface area contributed by atoms with Crippen molar-refractivity contribution in [1.29, 1.82) is 0 Å². The second kappa shape index (κ2) is 18.3. The molecule has 2 N–H and O–H groups in total. The molecule has 3 aromatic carbocycles. The number of hydrogen-bond donors (Lipinski definition) is 2. The van der Waals surface area contributed by atoms with Gasteiger partial charge in [-0.25, -0.2) is 4.98 Å². The van der Waals surface area contributed by atoms with Gasteiger partial charge in [-0.3, -0.25) is 19.5 Å². The highest BCUT2D eigenvalue weighted by molar-refractivity contribution is 6.31. The molecule has 4 aliphatic heterocycles. The third-order valence-corrected chi connectivity index (χ3v) is 17.4. The van der Waals surface area contributed by atoms with Crippen molar-refractivity contribution >= 4 is 29.0 Å². The van der Waals surface area contributed by atoms with Crippen LogP contribution in [-0.2, 0) is 36.1 Å². The van der Waals surface area contributed by atoms with Gasteiger partial charge in [0.25, 0.3) is 0 Å². The fraction of sp³-hybridized carbons (Fsp3) is 0.577. The largest absolute Gasteiger partial charge is 0.457 e. The monoisotopic (exact) mass is 924 g/mol. The molecular weight excluding hydrogens is 856 g/mol. The average Bonchev–Trinajstić information content (AvgIpc) is 3.92. The average molecular weight is 926 g/mol. The van der Waals surface area contributed by atoms with Gasteiger partial charge in [-0.2, -0.15) is 0 Å². The van der Waals surface area contributed by atoms with Crippen LogP contribution in [0.5, 0.6) is 11.5 Å². The molecule has 7 unspecified atom stereocenters. The van der Waals surface area contributed by atoms with Gasteiger partial charge in [-0.15, -0.1) is 0 Å². The number of aromatic nitrogens is 2. The molecule has 2 bridgehead atoms. The van der Waals surface area contributed by atoms with Crippen LogP contribution in [0.25, 0.3) is 11.3 Å². The van der Waals surface area contributed by atoms with E-state index in [2.05, 4.69) is 122 Å². The number of imidazole rings is 1. The van der Waals surface area contributed by atoms with E-state index in [4.69, 9.17) is 37.7 Å². The van der Waals surface area contributed by atoms with Gasteiger partial charge >= 0.3 is 0 Å². The van der Waals surface area contributed by atoms with E-state index in [1.807, 2.05) is 48.7 Å². The Balaban J connectivity index is 1.13. The van der Waals surface area contributed by atoms with Crippen LogP contribution in [0.15, 0.2) is 72.9 Å². The van der Waals surface area contributed by atoms with Crippen molar-refractivity contribution in [3.63, 3.8) is 0 Å². The number of hydrogen-bond acceptors (Lipinski definition) is 10. The van der Waals surface area contributed by atoms with Crippen LogP contribution in [-0.4, -0.2) is 138 Å². The smallest absolute Gasteiger partial charge is 0.153 e. The minimum atomic E-state index is -0.743. The van der Waals surface area contributed by atoms with Crippen LogP contribution in [0.2, 0.25) is 10.0 Å². The van der Waals surface area contributed by atoms with Crippen molar-refractivity contribution in [2.75, 3.05) is 48.5 Å². The summed E-state index contributed by atoms with van der Waals surface area (Å²) in [5, 5.41) is 9.78. The summed E-state index contributed by atoms with van der Waals surface area (Å²) in [5.41, 5.74) is 2.91. The topological polar surface area (TPSA) is 90.4 Å². The van der Waals surface area contributed by atoms with Crippen molar-refractivity contribution in [2.45, 2.75) is 121 Å². The number of methoxy groups -OCH3 is 1. The van der Waals surface area contributed by atoms with Gasteiger partial charge in [-0.1, -0.05) is 55.2 Å². The summed E-state index contributed by atoms with van der Waals surface area (Å²) < 4.78 is 15.1. The molecule has 13 heteroatoms. The maximum Gasteiger partial charge on any atom is 0.153 e. The molecule has 4 aromatic rings. The summed E-state index contributed by atoms with van der Waals surface area (Å²) in [4.78, 5) is 31.7. The molecule has 11 nitrogen and oxygen atoms in total. The highest BCUT2D eigenvalue weighted by atomic mass is 35.5. The Morgan fingerprint density at radius 1 is 0.938 bits per heavy atom. The van der Waals surface area contributed by atoms with Crippen LogP contribution in [0.4, 0.5) is 0 Å². The van der Waals surface area contributed by atoms with Crippen molar-refractivity contribution in [2.24, 2.45) is 23.8 Å². The summed E-state index contributed by atoms with van der Waals surface area (Å²) in [6.45, 7) is 12.0. The number of likely N-dealkylation sites (tertiary alicyclic amines) is 2. The molecule has 12 atom stereocenters.